The van der Waals surface area contributed by atoms with Gasteiger partial charge in [0.2, 0.25) is 11.8 Å². The van der Waals surface area contributed by atoms with Crippen LogP contribution in [0.25, 0.3) is 22.2 Å². The Labute approximate surface area is 189 Å². The van der Waals surface area contributed by atoms with Crippen molar-refractivity contribution in [2.45, 2.75) is 18.4 Å². The van der Waals surface area contributed by atoms with Gasteiger partial charge in [0.15, 0.2) is 5.96 Å². The maximum absolute atomic E-state index is 13.5. The Balaban J connectivity index is 1.63. The molecule has 1 amide bonds. The molecule has 0 radical (unpaired) electrons. The molecule has 3 aromatic heterocycles. The fourth-order valence-electron chi connectivity index (χ4n) is 4.18. The number of amides is 1. The third-order valence-electron chi connectivity index (χ3n) is 5.97. The number of methoxy groups -OCH3 is 1. The highest BCUT2D eigenvalue weighted by Crippen LogP contribution is 2.47. The van der Waals surface area contributed by atoms with Crippen LogP contribution in [0.2, 0.25) is 0 Å². The number of nitrogens with zero attached hydrogens (tertiary/aromatic N) is 3. The second kappa shape index (κ2) is 7.49. The van der Waals surface area contributed by atoms with E-state index in [0.29, 0.717) is 5.88 Å². The topological polar surface area (TPSA) is 94.0 Å². The van der Waals surface area contributed by atoms with Gasteiger partial charge >= 0.3 is 0 Å². The molecule has 2 atom stereocenters. The zero-order chi connectivity index (χ0) is 22.5. The Kier molecular flexibility index (Phi) is 4.74. The quantitative estimate of drug-likeness (QED) is 0.503. The van der Waals surface area contributed by atoms with Crippen molar-refractivity contribution in [1.29, 1.82) is 0 Å². The zero-order valence-corrected chi connectivity index (χ0v) is 18.7. The molecule has 8 heteroatoms. The van der Waals surface area contributed by atoms with Gasteiger partial charge in [0.25, 0.3) is 0 Å². The third-order valence-corrected chi connectivity index (χ3v) is 7.12. The van der Waals surface area contributed by atoms with E-state index in [2.05, 4.69) is 4.98 Å². The molecule has 5 rings (SSSR count). The number of rotatable bonds is 4. The van der Waals surface area contributed by atoms with Crippen LogP contribution in [0.4, 0.5) is 0 Å². The van der Waals surface area contributed by atoms with Crippen LogP contribution in [-0.2, 0) is 10.3 Å². The number of guanidine groups is 1. The highest BCUT2D eigenvalue weighted by Gasteiger charge is 2.48. The standard InChI is InChI=1S/C24H22N4O3S/c1-24(19-12-16(13-32-19)17-5-4-6-20(26-17)30-3)21(22(29)28(2)23(25)27-24)15-7-8-18-14(11-15)9-10-31-18/h4-13,21H,1-3H3,(H2,25,27)/t21-,24-/m1/s1. The van der Waals surface area contributed by atoms with Crippen molar-refractivity contribution in [3.8, 4) is 17.1 Å². The molecular weight excluding hydrogens is 424 g/mol. The molecule has 0 aliphatic carbocycles. The molecule has 162 valence electrons. The van der Waals surface area contributed by atoms with Gasteiger partial charge in [0.1, 0.15) is 11.1 Å². The number of fused-ring (bicyclic) bond motifs is 1. The number of aromatic nitrogens is 1. The van der Waals surface area contributed by atoms with E-state index in [-0.39, 0.29) is 11.9 Å². The van der Waals surface area contributed by atoms with Gasteiger partial charge in [0.05, 0.1) is 25.0 Å². The van der Waals surface area contributed by atoms with E-state index in [1.54, 1.807) is 26.5 Å². The molecule has 32 heavy (non-hydrogen) atoms. The van der Waals surface area contributed by atoms with Crippen LogP contribution < -0.4 is 10.5 Å². The Hall–Kier alpha value is -3.65. The summed E-state index contributed by atoms with van der Waals surface area (Å²) in [5.41, 5.74) is 8.67. The van der Waals surface area contributed by atoms with Crippen molar-refractivity contribution in [2.24, 2.45) is 10.7 Å². The zero-order valence-electron chi connectivity index (χ0n) is 17.9. The molecule has 1 aliphatic rings. The molecule has 4 heterocycles. The van der Waals surface area contributed by atoms with Crippen molar-refractivity contribution < 1.29 is 13.9 Å². The Bertz CT molecular complexity index is 1360. The molecule has 1 aromatic carbocycles. The lowest BCUT2D eigenvalue weighted by atomic mass is 9.77. The van der Waals surface area contributed by atoms with E-state index in [0.717, 1.165) is 32.7 Å². The number of thiophene rings is 1. The second-order valence-electron chi connectivity index (χ2n) is 7.93. The average molecular weight is 447 g/mol. The SMILES string of the molecule is COc1cccc(-c2csc([C@@]3(C)N=C(N)N(C)C(=O)[C@H]3c3ccc4occc4c3)c2)n1. The molecule has 0 spiro atoms. The summed E-state index contributed by atoms with van der Waals surface area (Å²) in [6.07, 6.45) is 1.64. The van der Waals surface area contributed by atoms with Gasteiger partial charge in [-0.3, -0.25) is 9.69 Å². The molecule has 0 unspecified atom stereocenters. The fourth-order valence-corrected chi connectivity index (χ4v) is 5.22. The highest BCUT2D eigenvalue weighted by molar-refractivity contribution is 7.10. The van der Waals surface area contributed by atoms with Crippen LogP contribution >= 0.6 is 11.3 Å². The van der Waals surface area contributed by atoms with Crippen molar-refractivity contribution in [3.63, 3.8) is 0 Å². The Morgan fingerprint density at radius 1 is 1.22 bits per heavy atom. The Morgan fingerprint density at radius 3 is 2.88 bits per heavy atom. The number of ether oxygens (including phenoxy) is 1. The van der Waals surface area contributed by atoms with Gasteiger partial charge in [-0.2, -0.15) is 0 Å². The average Bonchev–Trinajstić information content (AvgIpc) is 3.47. The number of carbonyl (C=O) groups is 1. The summed E-state index contributed by atoms with van der Waals surface area (Å²) in [5.74, 6) is 0.109. The first kappa shape index (κ1) is 20.3. The predicted octanol–water partition coefficient (Wildman–Crippen LogP) is 4.35. The highest BCUT2D eigenvalue weighted by atomic mass is 32.1. The Morgan fingerprint density at radius 2 is 2.06 bits per heavy atom. The van der Waals surface area contributed by atoms with Crippen molar-refractivity contribution in [2.75, 3.05) is 14.2 Å². The molecule has 0 fully saturated rings. The van der Waals surface area contributed by atoms with Crippen LogP contribution in [-0.4, -0.2) is 35.9 Å². The van der Waals surface area contributed by atoms with Gasteiger partial charge < -0.3 is 14.9 Å². The summed E-state index contributed by atoms with van der Waals surface area (Å²) in [7, 11) is 3.25. The van der Waals surface area contributed by atoms with Crippen molar-refractivity contribution in [1.82, 2.24) is 9.88 Å². The minimum absolute atomic E-state index is 0.0997. The second-order valence-corrected chi connectivity index (χ2v) is 8.84. The smallest absolute Gasteiger partial charge is 0.239 e. The van der Waals surface area contributed by atoms with E-state index in [4.69, 9.17) is 19.9 Å². The number of nitrogens with two attached hydrogens (primary N) is 1. The van der Waals surface area contributed by atoms with Crippen LogP contribution in [0.5, 0.6) is 5.88 Å². The lowest BCUT2D eigenvalue weighted by molar-refractivity contribution is -0.130. The maximum atomic E-state index is 13.5. The van der Waals surface area contributed by atoms with E-state index in [1.807, 2.05) is 54.8 Å². The largest absolute Gasteiger partial charge is 0.481 e. The molecule has 0 saturated carbocycles. The number of hydrogen-bond donors (Lipinski definition) is 1. The first-order chi connectivity index (χ1) is 15.4. The fraction of sp³-hybridized carbons (Fsp3) is 0.208. The number of pyridine rings is 1. The van der Waals surface area contributed by atoms with Crippen molar-refractivity contribution in [3.05, 3.63) is 70.6 Å². The van der Waals surface area contributed by atoms with Gasteiger partial charge in [-0.25, -0.2) is 9.98 Å². The number of likely N-dealkylation sites (N-methyl/N-ethyl adjacent to an activating group) is 1. The summed E-state index contributed by atoms with van der Waals surface area (Å²) in [6.45, 7) is 1.96. The molecule has 7 nitrogen and oxygen atoms in total. The van der Waals surface area contributed by atoms with Gasteiger partial charge in [-0.15, -0.1) is 11.3 Å². The van der Waals surface area contributed by atoms with Crippen LogP contribution in [0.3, 0.4) is 0 Å². The van der Waals surface area contributed by atoms with E-state index < -0.39 is 11.5 Å². The number of benzene rings is 1. The first-order valence-electron chi connectivity index (χ1n) is 10.1. The van der Waals surface area contributed by atoms with Crippen molar-refractivity contribution >= 4 is 34.2 Å². The number of carbonyl (C=O) groups excluding carboxylic acids is 1. The van der Waals surface area contributed by atoms with Gasteiger partial charge in [-0.1, -0.05) is 12.1 Å². The summed E-state index contributed by atoms with van der Waals surface area (Å²) in [5, 5.41) is 2.96. The molecule has 4 aromatic rings. The van der Waals surface area contributed by atoms with Gasteiger partial charge in [-0.05, 0) is 42.8 Å². The number of hydrogen-bond acceptors (Lipinski definition) is 7. The maximum Gasteiger partial charge on any atom is 0.239 e. The first-order valence-corrected chi connectivity index (χ1v) is 11.0. The lowest BCUT2D eigenvalue weighted by Crippen LogP contribution is -2.52. The van der Waals surface area contributed by atoms with Crippen LogP contribution in [0.1, 0.15) is 23.3 Å². The molecular formula is C24H22N4O3S. The van der Waals surface area contributed by atoms with Gasteiger partial charge in [0, 0.05) is 34.3 Å². The van der Waals surface area contributed by atoms with E-state index in [1.165, 1.54) is 16.2 Å². The molecule has 2 N–H and O–H groups in total. The predicted molar refractivity (Wildman–Crippen MR) is 125 cm³/mol. The minimum Gasteiger partial charge on any atom is -0.481 e. The normalized spacial score (nSPS) is 21.1. The summed E-state index contributed by atoms with van der Waals surface area (Å²) >= 11 is 1.54. The summed E-state index contributed by atoms with van der Waals surface area (Å²) in [6, 6.07) is 15.4. The summed E-state index contributed by atoms with van der Waals surface area (Å²) in [4.78, 5) is 25.2. The molecule has 0 saturated heterocycles. The van der Waals surface area contributed by atoms with Crippen LogP contribution in [0, 0.1) is 0 Å². The van der Waals surface area contributed by atoms with E-state index >= 15 is 0 Å². The molecule has 0 bridgehead atoms. The lowest BCUT2D eigenvalue weighted by Gasteiger charge is -2.40. The summed E-state index contributed by atoms with van der Waals surface area (Å²) < 4.78 is 10.7. The molecule has 1 aliphatic heterocycles. The number of aliphatic imine (C=N–C) groups is 1. The van der Waals surface area contributed by atoms with Crippen LogP contribution in [0.15, 0.2) is 69.6 Å². The third kappa shape index (κ3) is 3.15. The van der Waals surface area contributed by atoms with E-state index in [9.17, 15) is 4.79 Å². The minimum atomic E-state index is -0.868. The number of furan rings is 1. The monoisotopic (exact) mass is 446 g/mol.